The molecule has 1 aromatic heterocycles. The van der Waals surface area contributed by atoms with E-state index in [9.17, 15) is 0 Å². The van der Waals surface area contributed by atoms with Gasteiger partial charge in [0.05, 0.1) is 11.0 Å². The van der Waals surface area contributed by atoms with Crippen molar-refractivity contribution in [1.82, 2.24) is 9.97 Å². The van der Waals surface area contributed by atoms with Crippen molar-refractivity contribution in [1.29, 1.82) is 0 Å². The van der Waals surface area contributed by atoms with Crippen molar-refractivity contribution < 1.29 is 0 Å². The number of hydrogen-bond donors (Lipinski definition) is 2. The van der Waals surface area contributed by atoms with E-state index in [1.807, 2.05) is 24.3 Å². The van der Waals surface area contributed by atoms with Crippen molar-refractivity contribution >= 4 is 22.7 Å². The number of nitrogens with zero attached hydrogens (tertiary/aromatic N) is 2. The van der Waals surface area contributed by atoms with Gasteiger partial charge in [-0.1, -0.05) is 38.3 Å². The zero-order chi connectivity index (χ0) is 14.0. The Balaban J connectivity index is 1.78. The van der Waals surface area contributed by atoms with Crippen LogP contribution in [0.5, 0.6) is 0 Å². The standard InChI is InChI=1S/C16H22N4/c1-16(9-5-2-6-10-16)11-18-15-14(17)19-12-7-3-4-8-13(12)20-15/h3-4,7-8H,2,5-6,9-11H2,1H3,(H2,17,19)(H,18,20). The molecule has 0 unspecified atom stereocenters. The molecule has 3 N–H and O–H groups in total. The highest BCUT2D eigenvalue weighted by Gasteiger charge is 2.26. The van der Waals surface area contributed by atoms with Crippen LogP contribution in [0.4, 0.5) is 11.6 Å². The van der Waals surface area contributed by atoms with Crippen LogP contribution in [-0.2, 0) is 0 Å². The summed E-state index contributed by atoms with van der Waals surface area (Å²) in [5.41, 5.74) is 8.10. The van der Waals surface area contributed by atoms with Crippen molar-refractivity contribution in [2.24, 2.45) is 5.41 Å². The maximum atomic E-state index is 6.01. The van der Waals surface area contributed by atoms with Gasteiger partial charge in [0.1, 0.15) is 0 Å². The third-order valence-corrected chi connectivity index (χ3v) is 4.34. The molecular formula is C16H22N4. The van der Waals surface area contributed by atoms with Gasteiger partial charge in [-0.25, -0.2) is 9.97 Å². The lowest BCUT2D eigenvalue weighted by Crippen LogP contribution is -2.29. The predicted molar refractivity (Wildman–Crippen MR) is 83.6 cm³/mol. The van der Waals surface area contributed by atoms with Crippen molar-refractivity contribution in [2.45, 2.75) is 39.0 Å². The Labute approximate surface area is 119 Å². The first-order valence-electron chi connectivity index (χ1n) is 7.42. The molecule has 1 aliphatic rings. The summed E-state index contributed by atoms with van der Waals surface area (Å²) in [5, 5.41) is 3.42. The molecule has 1 saturated carbocycles. The van der Waals surface area contributed by atoms with Gasteiger partial charge in [0.2, 0.25) is 0 Å². The van der Waals surface area contributed by atoms with Gasteiger partial charge >= 0.3 is 0 Å². The Morgan fingerprint density at radius 3 is 2.45 bits per heavy atom. The number of nitrogens with two attached hydrogens (primary N) is 1. The molecule has 0 saturated heterocycles. The van der Waals surface area contributed by atoms with Crippen molar-refractivity contribution in [3.63, 3.8) is 0 Å². The molecule has 3 rings (SSSR count). The highest BCUT2D eigenvalue weighted by Crippen LogP contribution is 2.36. The lowest BCUT2D eigenvalue weighted by atomic mass is 9.76. The van der Waals surface area contributed by atoms with Crippen LogP contribution in [0.25, 0.3) is 11.0 Å². The lowest BCUT2D eigenvalue weighted by molar-refractivity contribution is 0.233. The maximum absolute atomic E-state index is 6.01. The minimum Gasteiger partial charge on any atom is -0.381 e. The molecule has 1 fully saturated rings. The average molecular weight is 270 g/mol. The van der Waals surface area contributed by atoms with E-state index in [4.69, 9.17) is 5.73 Å². The summed E-state index contributed by atoms with van der Waals surface area (Å²) in [5.74, 6) is 1.21. The normalized spacial score (nSPS) is 18.1. The van der Waals surface area contributed by atoms with Crippen molar-refractivity contribution in [3.05, 3.63) is 24.3 Å². The summed E-state index contributed by atoms with van der Waals surface area (Å²) in [6.45, 7) is 3.27. The topological polar surface area (TPSA) is 63.8 Å². The monoisotopic (exact) mass is 270 g/mol. The summed E-state index contributed by atoms with van der Waals surface area (Å²) >= 11 is 0. The molecule has 1 aromatic carbocycles. The first-order chi connectivity index (χ1) is 9.66. The number of para-hydroxylation sites is 2. The van der Waals surface area contributed by atoms with Gasteiger partial charge in [0.25, 0.3) is 0 Å². The van der Waals surface area contributed by atoms with Crippen LogP contribution in [-0.4, -0.2) is 16.5 Å². The molecule has 1 aliphatic carbocycles. The van der Waals surface area contributed by atoms with Crippen LogP contribution >= 0.6 is 0 Å². The van der Waals surface area contributed by atoms with E-state index in [0.717, 1.165) is 23.4 Å². The molecule has 1 heterocycles. The maximum Gasteiger partial charge on any atom is 0.169 e. The molecular weight excluding hydrogens is 248 g/mol. The van der Waals surface area contributed by atoms with E-state index in [1.165, 1.54) is 32.1 Å². The van der Waals surface area contributed by atoms with E-state index in [-0.39, 0.29) is 0 Å². The fraction of sp³-hybridized carbons (Fsp3) is 0.500. The third kappa shape index (κ3) is 2.69. The second-order valence-corrected chi connectivity index (χ2v) is 6.17. The van der Waals surface area contributed by atoms with E-state index < -0.39 is 0 Å². The van der Waals surface area contributed by atoms with E-state index >= 15 is 0 Å². The van der Waals surface area contributed by atoms with Crippen molar-refractivity contribution in [2.75, 3.05) is 17.6 Å². The Hall–Kier alpha value is -1.84. The van der Waals surface area contributed by atoms with Crippen LogP contribution in [0.2, 0.25) is 0 Å². The molecule has 106 valence electrons. The third-order valence-electron chi connectivity index (χ3n) is 4.34. The predicted octanol–water partition coefficient (Wildman–Crippen LogP) is 3.59. The van der Waals surface area contributed by atoms with Gasteiger partial charge in [-0.15, -0.1) is 0 Å². The van der Waals surface area contributed by atoms with Gasteiger partial charge in [-0.05, 0) is 30.4 Å². The van der Waals surface area contributed by atoms with E-state index in [2.05, 4.69) is 22.2 Å². The molecule has 0 bridgehead atoms. The van der Waals surface area contributed by atoms with Gasteiger partial charge in [-0.3, -0.25) is 0 Å². The van der Waals surface area contributed by atoms with Gasteiger partial charge in [-0.2, -0.15) is 0 Å². The second-order valence-electron chi connectivity index (χ2n) is 6.17. The smallest absolute Gasteiger partial charge is 0.169 e. The number of fused-ring (bicyclic) bond motifs is 1. The molecule has 2 aromatic rings. The first kappa shape index (κ1) is 13.2. The van der Waals surface area contributed by atoms with Gasteiger partial charge in [0.15, 0.2) is 11.6 Å². The SMILES string of the molecule is CC1(CNc2nc3ccccc3nc2N)CCCCC1. The molecule has 4 heteroatoms. The van der Waals surface area contributed by atoms with Crippen molar-refractivity contribution in [3.8, 4) is 0 Å². The Morgan fingerprint density at radius 2 is 1.75 bits per heavy atom. The number of aromatic nitrogens is 2. The fourth-order valence-corrected chi connectivity index (χ4v) is 3.02. The summed E-state index contributed by atoms with van der Waals surface area (Å²) < 4.78 is 0. The number of nitrogens with one attached hydrogen (secondary N) is 1. The van der Waals surface area contributed by atoms with Crippen LogP contribution in [0.3, 0.4) is 0 Å². The number of nitrogen functional groups attached to an aromatic ring is 1. The van der Waals surface area contributed by atoms with Crippen LogP contribution in [0.1, 0.15) is 39.0 Å². The molecule has 20 heavy (non-hydrogen) atoms. The highest BCUT2D eigenvalue weighted by molar-refractivity contribution is 5.79. The first-order valence-corrected chi connectivity index (χ1v) is 7.42. The van der Waals surface area contributed by atoms with Crippen LogP contribution in [0.15, 0.2) is 24.3 Å². The lowest BCUT2D eigenvalue weighted by Gasteiger charge is -2.33. The number of rotatable bonds is 3. The van der Waals surface area contributed by atoms with E-state index in [0.29, 0.717) is 11.2 Å². The fourth-order valence-electron chi connectivity index (χ4n) is 3.02. The second kappa shape index (κ2) is 5.27. The number of anilines is 2. The molecule has 0 radical (unpaired) electrons. The quantitative estimate of drug-likeness (QED) is 0.894. The highest BCUT2D eigenvalue weighted by atomic mass is 15.1. The summed E-state index contributed by atoms with van der Waals surface area (Å²) in [6, 6.07) is 7.83. The van der Waals surface area contributed by atoms with E-state index in [1.54, 1.807) is 0 Å². The van der Waals surface area contributed by atoms with Gasteiger partial charge in [0, 0.05) is 6.54 Å². The Bertz CT molecular complexity index is 602. The molecule has 4 nitrogen and oxygen atoms in total. The zero-order valence-electron chi connectivity index (χ0n) is 12.0. The minimum absolute atomic E-state index is 0.359. The Kier molecular flexibility index (Phi) is 3.47. The summed E-state index contributed by atoms with van der Waals surface area (Å²) in [6.07, 6.45) is 6.59. The largest absolute Gasteiger partial charge is 0.381 e. The Morgan fingerprint density at radius 1 is 1.10 bits per heavy atom. The average Bonchev–Trinajstić information content (AvgIpc) is 2.46. The molecule has 0 atom stereocenters. The van der Waals surface area contributed by atoms with Gasteiger partial charge < -0.3 is 11.1 Å². The minimum atomic E-state index is 0.359. The number of benzene rings is 1. The van der Waals surface area contributed by atoms with Crippen LogP contribution < -0.4 is 11.1 Å². The van der Waals surface area contributed by atoms with Crippen LogP contribution in [0, 0.1) is 5.41 Å². The summed E-state index contributed by atoms with van der Waals surface area (Å²) in [7, 11) is 0. The molecule has 0 aliphatic heterocycles. The summed E-state index contributed by atoms with van der Waals surface area (Å²) in [4.78, 5) is 9.01. The molecule has 0 spiro atoms. The number of hydrogen-bond acceptors (Lipinski definition) is 4. The zero-order valence-corrected chi connectivity index (χ0v) is 12.0. The molecule has 0 amide bonds.